The lowest BCUT2D eigenvalue weighted by Crippen LogP contribution is -2.02. The summed E-state index contributed by atoms with van der Waals surface area (Å²) < 4.78 is 4.86. The molecule has 0 radical (unpaired) electrons. The maximum atomic E-state index is 9.37. The van der Waals surface area contributed by atoms with Gasteiger partial charge in [0.1, 0.15) is 17.6 Å². The van der Waals surface area contributed by atoms with Crippen LogP contribution in [-0.4, -0.2) is 29.0 Å². The first-order chi connectivity index (χ1) is 6.19. The molecule has 0 aliphatic carbocycles. The Hall–Kier alpha value is -1.26. The molecule has 3 N–H and O–H groups in total. The first-order valence-corrected chi connectivity index (χ1v) is 3.85. The van der Waals surface area contributed by atoms with E-state index >= 15 is 0 Å². The Morgan fingerprint density at radius 1 is 1.46 bits per heavy atom. The quantitative estimate of drug-likeness (QED) is 0.637. The maximum absolute atomic E-state index is 9.37. The van der Waals surface area contributed by atoms with Gasteiger partial charge in [-0.1, -0.05) is 0 Å². The molecule has 13 heavy (non-hydrogen) atoms. The van der Waals surface area contributed by atoms with Gasteiger partial charge >= 0.3 is 0 Å². The van der Waals surface area contributed by atoms with E-state index in [1.807, 2.05) is 0 Å². The van der Waals surface area contributed by atoms with Gasteiger partial charge in [0.05, 0.1) is 13.7 Å². The highest BCUT2D eigenvalue weighted by atomic mass is 16.5. The first-order valence-electron chi connectivity index (χ1n) is 3.85. The van der Waals surface area contributed by atoms with Crippen LogP contribution in [0.3, 0.4) is 0 Å². The lowest BCUT2D eigenvalue weighted by molar-refractivity contribution is 0.0934. The highest BCUT2D eigenvalue weighted by Crippen LogP contribution is 2.27. The third kappa shape index (κ3) is 2.11. The molecule has 1 aromatic carbocycles. The topological polar surface area (TPSA) is 69.9 Å². The standard InChI is InChI=1S/C9H12O4/c1-13-6-2-3-7(8(11)4-6)9(12)5-10/h2-4,9-12H,5H2,1H3. The molecule has 0 aliphatic heterocycles. The van der Waals surface area contributed by atoms with Crippen LogP contribution in [-0.2, 0) is 0 Å². The molecular formula is C9H12O4. The number of aliphatic hydroxyl groups excluding tert-OH is 2. The van der Waals surface area contributed by atoms with Crippen LogP contribution < -0.4 is 4.74 Å². The molecule has 0 heterocycles. The van der Waals surface area contributed by atoms with Crippen molar-refractivity contribution in [3.8, 4) is 11.5 Å². The fourth-order valence-corrected chi connectivity index (χ4v) is 1.03. The van der Waals surface area contributed by atoms with Crippen molar-refractivity contribution in [1.82, 2.24) is 0 Å². The van der Waals surface area contributed by atoms with Crippen molar-refractivity contribution in [3.05, 3.63) is 23.8 Å². The van der Waals surface area contributed by atoms with Crippen molar-refractivity contribution in [1.29, 1.82) is 0 Å². The molecule has 1 unspecified atom stereocenters. The summed E-state index contributed by atoms with van der Waals surface area (Å²) in [6, 6.07) is 4.50. The average Bonchev–Trinajstić information content (AvgIpc) is 2.16. The molecular weight excluding hydrogens is 172 g/mol. The number of rotatable bonds is 3. The Balaban J connectivity index is 2.98. The van der Waals surface area contributed by atoms with E-state index in [0.29, 0.717) is 11.3 Å². The fraction of sp³-hybridized carbons (Fsp3) is 0.333. The number of benzene rings is 1. The SMILES string of the molecule is COc1ccc(C(O)CO)c(O)c1. The molecule has 0 bridgehead atoms. The molecule has 0 saturated heterocycles. The predicted molar refractivity (Wildman–Crippen MR) is 46.7 cm³/mol. The summed E-state index contributed by atoms with van der Waals surface area (Å²) in [5.74, 6) is 0.423. The van der Waals surface area contributed by atoms with Gasteiger partial charge < -0.3 is 20.1 Å². The number of hydrogen-bond acceptors (Lipinski definition) is 4. The van der Waals surface area contributed by atoms with Crippen LogP contribution in [0.1, 0.15) is 11.7 Å². The summed E-state index contributed by atoms with van der Waals surface area (Å²) in [6.45, 7) is -0.417. The van der Waals surface area contributed by atoms with Crippen LogP contribution in [0.2, 0.25) is 0 Å². The molecule has 0 spiro atoms. The maximum Gasteiger partial charge on any atom is 0.125 e. The number of hydrogen-bond donors (Lipinski definition) is 3. The second-order valence-electron chi connectivity index (χ2n) is 2.62. The second-order valence-corrected chi connectivity index (χ2v) is 2.62. The van der Waals surface area contributed by atoms with Crippen molar-refractivity contribution in [2.45, 2.75) is 6.10 Å². The molecule has 4 heteroatoms. The summed E-state index contributed by atoms with van der Waals surface area (Å²) in [7, 11) is 1.48. The van der Waals surface area contributed by atoms with Gasteiger partial charge in [0.2, 0.25) is 0 Å². The predicted octanol–water partition coefficient (Wildman–Crippen LogP) is 0.426. The highest BCUT2D eigenvalue weighted by molar-refractivity contribution is 5.40. The van der Waals surface area contributed by atoms with E-state index in [1.165, 1.54) is 19.2 Å². The van der Waals surface area contributed by atoms with E-state index < -0.39 is 12.7 Å². The molecule has 0 fully saturated rings. The number of phenols is 1. The molecule has 0 amide bonds. The Morgan fingerprint density at radius 3 is 2.62 bits per heavy atom. The summed E-state index contributed by atoms with van der Waals surface area (Å²) in [6.07, 6.45) is -1.05. The number of ether oxygens (including phenoxy) is 1. The van der Waals surface area contributed by atoms with Crippen LogP contribution in [0, 0.1) is 0 Å². The minimum atomic E-state index is -1.05. The van der Waals surface area contributed by atoms with E-state index in [0.717, 1.165) is 0 Å². The highest BCUT2D eigenvalue weighted by Gasteiger charge is 2.11. The summed E-state index contributed by atoms with van der Waals surface area (Å²) >= 11 is 0. The molecule has 72 valence electrons. The van der Waals surface area contributed by atoms with E-state index in [4.69, 9.17) is 9.84 Å². The minimum Gasteiger partial charge on any atom is -0.507 e. The fourth-order valence-electron chi connectivity index (χ4n) is 1.03. The monoisotopic (exact) mass is 184 g/mol. The molecule has 1 aromatic rings. The Bertz CT molecular complexity index is 285. The molecule has 4 nitrogen and oxygen atoms in total. The van der Waals surface area contributed by atoms with E-state index in [2.05, 4.69) is 0 Å². The number of phenolic OH excluding ortho intramolecular Hbond substituents is 1. The molecule has 1 atom stereocenters. The molecule has 1 rings (SSSR count). The van der Waals surface area contributed by atoms with Crippen LogP contribution in [0.25, 0.3) is 0 Å². The van der Waals surface area contributed by atoms with E-state index in [9.17, 15) is 10.2 Å². The van der Waals surface area contributed by atoms with Gasteiger partial charge in [-0.05, 0) is 12.1 Å². The largest absolute Gasteiger partial charge is 0.507 e. The number of methoxy groups -OCH3 is 1. The van der Waals surface area contributed by atoms with Crippen LogP contribution in [0.15, 0.2) is 18.2 Å². The smallest absolute Gasteiger partial charge is 0.125 e. The van der Waals surface area contributed by atoms with Crippen LogP contribution in [0.5, 0.6) is 11.5 Å². The van der Waals surface area contributed by atoms with Crippen LogP contribution in [0.4, 0.5) is 0 Å². The van der Waals surface area contributed by atoms with Gasteiger partial charge in [0.25, 0.3) is 0 Å². The van der Waals surface area contributed by atoms with Crippen LogP contribution >= 0.6 is 0 Å². The Labute approximate surface area is 76.0 Å². The minimum absolute atomic E-state index is 0.0825. The first kappa shape index (κ1) is 9.83. The average molecular weight is 184 g/mol. The van der Waals surface area contributed by atoms with E-state index in [-0.39, 0.29) is 5.75 Å². The zero-order valence-electron chi connectivity index (χ0n) is 7.27. The normalized spacial score (nSPS) is 12.5. The van der Waals surface area contributed by atoms with Crippen molar-refractivity contribution in [2.24, 2.45) is 0 Å². The summed E-state index contributed by atoms with van der Waals surface area (Å²) in [5.41, 5.74) is 0.295. The van der Waals surface area contributed by atoms with E-state index in [1.54, 1.807) is 6.07 Å². The van der Waals surface area contributed by atoms with Gasteiger partial charge in [0.15, 0.2) is 0 Å². The third-order valence-corrected chi connectivity index (χ3v) is 1.77. The van der Waals surface area contributed by atoms with Gasteiger partial charge in [-0.25, -0.2) is 0 Å². The Kier molecular flexibility index (Phi) is 3.11. The Morgan fingerprint density at radius 2 is 2.15 bits per heavy atom. The molecule has 0 aromatic heterocycles. The van der Waals surface area contributed by atoms with Gasteiger partial charge in [-0.3, -0.25) is 0 Å². The van der Waals surface area contributed by atoms with Gasteiger partial charge in [0, 0.05) is 11.6 Å². The summed E-state index contributed by atoms with van der Waals surface area (Å²) in [4.78, 5) is 0. The van der Waals surface area contributed by atoms with Gasteiger partial charge in [-0.15, -0.1) is 0 Å². The molecule has 0 aliphatic rings. The zero-order chi connectivity index (χ0) is 9.84. The third-order valence-electron chi connectivity index (χ3n) is 1.77. The summed E-state index contributed by atoms with van der Waals surface area (Å²) in [5, 5.41) is 27.2. The number of aliphatic hydroxyl groups is 2. The lowest BCUT2D eigenvalue weighted by atomic mass is 10.1. The van der Waals surface area contributed by atoms with Crippen molar-refractivity contribution < 1.29 is 20.1 Å². The number of aromatic hydroxyl groups is 1. The van der Waals surface area contributed by atoms with Gasteiger partial charge in [-0.2, -0.15) is 0 Å². The molecule has 0 saturated carbocycles. The second kappa shape index (κ2) is 4.11. The van der Waals surface area contributed by atoms with Crippen molar-refractivity contribution in [3.63, 3.8) is 0 Å². The van der Waals surface area contributed by atoms with Crippen molar-refractivity contribution in [2.75, 3.05) is 13.7 Å². The zero-order valence-corrected chi connectivity index (χ0v) is 7.27. The lowest BCUT2D eigenvalue weighted by Gasteiger charge is -2.10. The van der Waals surface area contributed by atoms with Crippen molar-refractivity contribution >= 4 is 0 Å².